The molecule has 2 aromatic rings. The van der Waals surface area contributed by atoms with E-state index in [-0.39, 0.29) is 5.41 Å². The van der Waals surface area contributed by atoms with Gasteiger partial charge in [0.15, 0.2) is 0 Å². The monoisotopic (exact) mass is 255 g/mol. The van der Waals surface area contributed by atoms with Crippen molar-refractivity contribution in [2.24, 2.45) is 0 Å². The van der Waals surface area contributed by atoms with Gasteiger partial charge in [0.2, 0.25) is 0 Å². The number of hydrogen-bond acceptors (Lipinski definition) is 2. The first kappa shape index (κ1) is 13.5. The average Bonchev–Trinajstić information content (AvgIpc) is 2.67. The van der Waals surface area contributed by atoms with Gasteiger partial charge in [-0.15, -0.1) is 0 Å². The minimum atomic E-state index is 0.116. The highest BCUT2D eigenvalue weighted by Crippen LogP contribution is 2.32. The number of hydrogen-bond donors (Lipinski definition) is 0. The SMILES string of the molecule is Cc1c(C(C)(C)C)ccc2c1cc(C#N)n2N(C)C. The van der Waals surface area contributed by atoms with Crippen molar-refractivity contribution >= 4 is 10.9 Å². The van der Waals surface area contributed by atoms with Crippen molar-refractivity contribution in [1.29, 1.82) is 5.26 Å². The normalized spacial score (nSPS) is 11.6. The van der Waals surface area contributed by atoms with Crippen LogP contribution < -0.4 is 5.01 Å². The summed E-state index contributed by atoms with van der Waals surface area (Å²) in [6, 6.07) is 8.55. The zero-order chi connectivity index (χ0) is 14.4. The minimum absolute atomic E-state index is 0.116. The fourth-order valence-electron chi connectivity index (χ4n) is 2.73. The van der Waals surface area contributed by atoms with Crippen molar-refractivity contribution in [3.05, 3.63) is 35.0 Å². The average molecular weight is 255 g/mol. The van der Waals surface area contributed by atoms with Gasteiger partial charge in [-0.25, -0.2) is 4.68 Å². The van der Waals surface area contributed by atoms with Crippen LogP contribution in [0.15, 0.2) is 18.2 Å². The van der Waals surface area contributed by atoms with Gasteiger partial charge >= 0.3 is 0 Å². The van der Waals surface area contributed by atoms with Gasteiger partial charge in [0.05, 0.1) is 5.52 Å². The van der Waals surface area contributed by atoms with E-state index in [1.165, 1.54) is 11.1 Å². The lowest BCUT2D eigenvalue weighted by atomic mass is 9.83. The standard InChI is InChI=1S/C16H21N3/c1-11-13-9-12(10-17)19(18(5)6)15(13)8-7-14(11)16(2,3)4/h7-9H,1-6H3. The minimum Gasteiger partial charge on any atom is -0.318 e. The van der Waals surface area contributed by atoms with E-state index in [4.69, 9.17) is 0 Å². The third kappa shape index (κ3) is 2.08. The summed E-state index contributed by atoms with van der Waals surface area (Å²) >= 11 is 0. The number of benzene rings is 1. The van der Waals surface area contributed by atoms with Gasteiger partial charge in [-0.1, -0.05) is 26.8 Å². The summed E-state index contributed by atoms with van der Waals surface area (Å²) in [4.78, 5) is 0. The van der Waals surface area contributed by atoms with Crippen molar-refractivity contribution in [2.75, 3.05) is 19.1 Å². The van der Waals surface area contributed by atoms with E-state index >= 15 is 0 Å². The lowest BCUT2D eigenvalue weighted by molar-refractivity contribution is 0.587. The van der Waals surface area contributed by atoms with Crippen molar-refractivity contribution in [3.8, 4) is 6.07 Å². The highest BCUT2D eigenvalue weighted by atomic mass is 15.5. The number of nitriles is 1. The summed E-state index contributed by atoms with van der Waals surface area (Å²) in [5.41, 5.74) is 4.48. The molecular formula is C16H21N3. The molecule has 3 nitrogen and oxygen atoms in total. The van der Waals surface area contributed by atoms with Gasteiger partial charge in [0.1, 0.15) is 11.8 Å². The Hall–Kier alpha value is -1.95. The van der Waals surface area contributed by atoms with Crippen LogP contribution in [0.1, 0.15) is 37.6 Å². The molecule has 0 unspecified atom stereocenters. The Morgan fingerprint density at radius 2 is 1.84 bits per heavy atom. The molecule has 0 N–H and O–H groups in total. The molecule has 1 aromatic heterocycles. The molecule has 0 amide bonds. The molecule has 2 rings (SSSR count). The summed E-state index contributed by atoms with van der Waals surface area (Å²) in [5, 5.41) is 12.4. The van der Waals surface area contributed by atoms with E-state index in [0.29, 0.717) is 5.69 Å². The van der Waals surface area contributed by atoms with Crippen molar-refractivity contribution in [2.45, 2.75) is 33.1 Å². The first-order chi connectivity index (χ1) is 8.77. The van der Waals surface area contributed by atoms with Gasteiger partial charge in [0.25, 0.3) is 0 Å². The Labute approximate surface area is 115 Å². The zero-order valence-electron chi connectivity index (χ0n) is 12.6. The van der Waals surface area contributed by atoms with Crippen molar-refractivity contribution in [3.63, 3.8) is 0 Å². The predicted molar refractivity (Wildman–Crippen MR) is 80.2 cm³/mol. The summed E-state index contributed by atoms with van der Waals surface area (Å²) in [5.74, 6) is 0. The van der Waals surface area contributed by atoms with Gasteiger partial charge in [-0.2, -0.15) is 5.26 Å². The molecule has 0 fully saturated rings. The second-order valence-corrected chi connectivity index (χ2v) is 6.22. The van der Waals surface area contributed by atoms with E-state index in [0.717, 1.165) is 10.9 Å². The van der Waals surface area contributed by atoms with Gasteiger partial charge in [0, 0.05) is 19.5 Å². The fraction of sp³-hybridized carbons (Fsp3) is 0.438. The van der Waals surface area contributed by atoms with Crippen LogP contribution in [-0.2, 0) is 5.41 Å². The lowest BCUT2D eigenvalue weighted by Gasteiger charge is -2.23. The van der Waals surface area contributed by atoms with E-state index in [1.54, 1.807) is 0 Å². The molecule has 0 aliphatic carbocycles. The number of rotatable bonds is 1. The van der Waals surface area contributed by atoms with Crippen LogP contribution in [0.3, 0.4) is 0 Å². The third-order valence-electron chi connectivity index (χ3n) is 3.55. The highest BCUT2D eigenvalue weighted by molar-refractivity contribution is 5.87. The summed E-state index contributed by atoms with van der Waals surface area (Å²) in [7, 11) is 3.90. The summed E-state index contributed by atoms with van der Waals surface area (Å²) in [6.45, 7) is 8.80. The van der Waals surface area contributed by atoms with Gasteiger partial charge in [-0.05, 0) is 35.6 Å². The van der Waals surface area contributed by atoms with Gasteiger partial charge < -0.3 is 5.01 Å². The van der Waals surface area contributed by atoms with E-state index in [2.05, 4.69) is 45.9 Å². The van der Waals surface area contributed by atoms with Crippen LogP contribution in [0.25, 0.3) is 10.9 Å². The molecule has 0 spiro atoms. The van der Waals surface area contributed by atoms with Crippen LogP contribution >= 0.6 is 0 Å². The molecule has 3 heteroatoms. The van der Waals surface area contributed by atoms with Crippen LogP contribution in [0.5, 0.6) is 0 Å². The molecule has 0 saturated carbocycles. The zero-order valence-corrected chi connectivity index (χ0v) is 12.6. The molecule has 0 atom stereocenters. The molecule has 0 radical (unpaired) electrons. The Bertz CT molecular complexity index is 664. The molecule has 0 saturated heterocycles. The first-order valence-electron chi connectivity index (χ1n) is 6.50. The number of aromatic nitrogens is 1. The highest BCUT2D eigenvalue weighted by Gasteiger charge is 2.20. The first-order valence-corrected chi connectivity index (χ1v) is 6.50. The fourth-order valence-corrected chi connectivity index (χ4v) is 2.73. The summed E-state index contributed by atoms with van der Waals surface area (Å²) < 4.78 is 1.95. The second kappa shape index (κ2) is 4.31. The Balaban J connectivity index is 2.84. The topological polar surface area (TPSA) is 32.0 Å². The second-order valence-electron chi connectivity index (χ2n) is 6.22. The maximum atomic E-state index is 9.29. The molecular weight excluding hydrogens is 234 g/mol. The maximum Gasteiger partial charge on any atom is 0.141 e. The number of fused-ring (bicyclic) bond motifs is 1. The molecule has 0 aliphatic heterocycles. The van der Waals surface area contributed by atoms with Crippen molar-refractivity contribution < 1.29 is 0 Å². The lowest BCUT2D eigenvalue weighted by Crippen LogP contribution is -2.25. The predicted octanol–water partition coefficient (Wildman–Crippen LogP) is 3.32. The van der Waals surface area contributed by atoms with E-state index in [9.17, 15) is 5.26 Å². The van der Waals surface area contributed by atoms with Crippen LogP contribution in [0.2, 0.25) is 0 Å². The van der Waals surface area contributed by atoms with Crippen LogP contribution in [0.4, 0.5) is 0 Å². The Morgan fingerprint density at radius 1 is 1.21 bits per heavy atom. The smallest absolute Gasteiger partial charge is 0.141 e. The largest absolute Gasteiger partial charge is 0.318 e. The van der Waals surface area contributed by atoms with E-state index < -0.39 is 0 Å². The van der Waals surface area contributed by atoms with Crippen LogP contribution in [-0.4, -0.2) is 18.8 Å². The van der Waals surface area contributed by atoms with Gasteiger partial charge in [-0.3, -0.25) is 0 Å². The molecule has 1 aromatic carbocycles. The number of aryl methyl sites for hydroxylation is 1. The maximum absolute atomic E-state index is 9.29. The Morgan fingerprint density at radius 3 is 2.32 bits per heavy atom. The molecule has 1 heterocycles. The number of nitrogens with zero attached hydrogens (tertiary/aromatic N) is 3. The quantitative estimate of drug-likeness (QED) is 0.783. The van der Waals surface area contributed by atoms with Crippen LogP contribution in [0, 0.1) is 18.3 Å². The summed E-state index contributed by atoms with van der Waals surface area (Å²) in [6.07, 6.45) is 0. The molecule has 100 valence electrons. The molecule has 0 aliphatic rings. The van der Waals surface area contributed by atoms with Crippen molar-refractivity contribution in [1.82, 2.24) is 4.68 Å². The Kier molecular flexibility index (Phi) is 3.06. The molecule has 19 heavy (non-hydrogen) atoms. The molecule has 0 bridgehead atoms. The third-order valence-corrected chi connectivity index (χ3v) is 3.55. The van der Waals surface area contributed by atoms with E-state index in [1.807, 2.05) is 29.8 Å².